The zero-order valence-corrected chi connectivity index (χ0v) is 11.2. The number of nitrogens with zero attached hydrogens (tertiary/aromatic N) is 4. The molecule has 0 fully saturated rings. The number of carboxylic acids is 1. The summed E-state index contributed by atoms with van der Waals surface area (Å²) in [5.74, 6) is -0.304. The molecule has 2 aromatic rings. The molecule has 19 heavy (non-hydrogen) atoms. The highest BCUT2D eigenvalue weighted by Crippen LogP contribution is 2.11. The summed E-state index contributed by atoms with van der Waals surface area (Å²) in [6, 6.07) is 6.68. The Kier molecular flexibility index (Phi) is 3.33. The van der Waals surface area contributed by atoms with Crippen LogP contribution in [0.5, 0.6) is 0 Å². The van der Waals surface area contributed by atoms with Crippen molar-refractivity contribution in [3.05, 3.63) is 41.2 Å². The van der Waals surface area contributed by atoms with Gasteiger partial charge in [0.05, 0.1) is 11.1 Å². The lowest BCUT2D eigenvalue weighted by molar-refractivity contribution is 0.0697. The normalized spacial score (nSPS) is 11.5. The zero-order chi connectivity index (χ0) is 14.0. The van der Waals surface area contributed by atoms with Gasteiger partial charge >= 0.3 is 5.97 Å². The lowest BCUT2D eigenvalue weighted by Gasteiger charge is -2.15. The van der Waals surface area contributed by atoms with Crippen LogP contribution in [0.25, 0.3) is 0 Å². The topological polar surface area (TPSA) is 80.9 Å². The molecule has 0 saturated carbocycles. The van der Waals surface area contributed by atoms with Crippen molar-refractivity contribution in [2.75, 3.05) is 0 Å². The maximum atomic E-state index is 10.7. The fourth-order valence-electron chi connectivity index (χ4n) is 1.55. The molecule has 6 nitrogen and oxygen atoms in total. The third-order valence-corrected chi connectivity index (χ3v) is 2.62. The highest BCUT2D eigenvalue weighted by Gasteiger charge is 2.17. The van der Waals surface area contributed by atoms with E-state index in [9.17, 15) is 4.79 Å². The van der Waals surface area contributed by atoms with Crippen LogP contribution >= 0.6 is 0 Å². The molecule has 0 radical (unpaired) electrons. The van der Waals surface area contributed by atoms with Crippen LogP contribution in [-0.2, 0) is 12.0 Å². The molecular weight excluding hydrogens is 244 g/mol. The van der Waals surface area contributed by atoms with Crippen molar-refractivity contribution in [1.29, 1.82) is 0 Å². The van der Waals surface area contributed by atoms with Crippen LogP contribution in [0, 0.1) is 0 Å². The molecule has 0 aliphatic heterocycles. The molecule has 0 aliphatic rings. The van der Waals surface area contributed by atoms with Gasteiger partial charge in [0.25, 0.3) is 0 Å². The van der Waals surface area contributed by atoms with E-state index in [1.807, 2.05) is 20.8 Å². The summed E-state index contributed by atoms with van der Waals surface area (Å²) in [5.41, 5.74) is 1.03. The standard InChI is InChI=1S/C13H16N4O2/c1-13(2,3)17-15-11(14-16-17)8-9-4-6-10(7-5-9)12(18)19/h4-7H,8H2,1-3H3,(H,18,19). The third-order valence-electron chi connectivity index (χ3n) is 2.62. The predicted octanol–water partition coefficient (Wildman–Crippen LogP) is 1.72. The van der Waals surface area contributed by atoms with Crippen LogP contribution in [-0.4, -0.2) is 31.3 Å². The Hall–Kier alpha value is -2.24. The molecule has 1 aromatic heterocycles. The molecule has 0 amide bonds. The summed E-state index contributed by atoms with van der Waals surface area (Å²) in [6.07, 6.45) is 0.538. The number of hydrogen-bond acceptors (Lipinski definition) is 4. The molecule has 100 valence electrons. The van der Waals surface area contributed by atoms with Gasteiger partial charge in [-0.2, -0.15) is 4.80 Å². The molecular formula is C13H16N4O2. The Morgan fingerprint density at radius 3 is 2.37 bits per heavy atom. The molecule has 1 aromatic carbocycles. The highest BCUT2D eigenvalue weighted by atomic mass is 16.4. The Balaban J connectivity index is 2.13. The number of carbonyl (C=O) groups is 1. The van der Waals surface area contributed by atoms with E-state index in [0.29, 0.717) is 12.2 Å². The molecule has 0 aliphatic carbocycles. The maximum Gasteiger partial charge on any atom is 0.335 e. The van der Waals surface area contributed by atoms with Crippen LogP contribution < -0.4 is 0 Å². The highest BCUT2D eigenvalue weighted by molar-refractivity contribution is 5.87. The average Bonchev–Trinajstić information content (AvgIpc) is 2.78. The van der Waals surface area contributed by atoms with Crippen molar-refractivity contribution < 1.29 is 9.90 Å². The van der Waals surface area contributed by atoms with Gasteiger partial charge in [-0.3, -0.25) is 0 Å². The van der Waals surface area contributed by atoms with E-state index in [2.05, 4.69) is 15.4 Å². The van der Waals surface area contributed by atoms with Gasteiger partial charge in [0, 0.05) is 6.42 Å². The minimum absolute atomic E-state index is 0.196. The van der Waals surface area contributed by atoms with Crippen molar-refractivity contribution in [2.24, 2.45) is 0 Å². The van der Waals surface area contributed by atoms with Gasteiger partial charge in [0.2, 0.25) is 0 Å². The van der Waals surface area contributed by atoms with Crippen LogP contribution in [0.15, 0.2) is 24.3 Å². The van der Waals surface area contributed by atoms with Crippen molar-refractivity contribution in [3.8, 4) is 0 Å². The summed E-state index contributed by atoms with van der Waals surface area (Å²) >= 11 is 0. The second kappa shape index (κ2) is 4.79. The number of hydrogen-bond donors (Lipinski definition) is 1. The van der Waals surface area contributed by atoms with Gasteiger partial charge in [0.1, 0.15) is 0 Å². The summed E-state index contributed by atoms with van der Waals surface area (Å²) in [7, 11) is 0. The number of carboxylic acid groups (broad SMARTS) is 1. The fourth-order valence-corrected chi connectivity index (χ4v) is 1.55. The van der Waals surface area contributed by atoms with Crippen molar-refractivity contribution >= 4 is 5.97 Å². The van der Waals surface area contributed by atoms with Crippen LogP contribution in [0.4, 0.5) is 0 Å². The Morgan fingerprint density at radius 1 is 1.26 bits per heavy atom. The molecule has 0 bridgehead atoms. The smallest absolute Gasteiger partial charge is 0.335 e. The van der Waals surface area contributed by atoms with Gasteiger partial charge in [-0.15, -0.1) is 10.2 Å². The third kappa shape index (κ3) is 3.15. The van der Waals surface area contributed by atoms with E-state index in [1.54, 1.807) is 29.1 Å². The Bertz CT molecular complexity index is 581. The molecule has 0 unspecified atom stereocenters. The van der Waals surface area contributed by atoms with Crippen LogP contribution in [0.1, 0.15) is 42.5 Å². The van der Waals surface area contributed by atoms with Crippen molar-refractivity contribution in [2.45, 2.75) is 32.7 Å². The Morgan fingerprint density at radius 2 is 1.89 bits per heavy atom. The minimum Gasteiger partial charge on any atom is -0.478 e. The first kappa shape index (κ1) is 13.2. The van der Waals surface area contributed by atoms with E-state index in [1.165, 1.54) is 0 Å². The predicted molar refractivity (Wildman–Crippen MR) is 69.0 cm³/mol. The van der Waals surface area contributed by atoms with Gasteiger partial charge in [-0.05, 0) is 43.7 Å². The van der Waals surface area contributed by atoms with E-state index < -0.39 is 5.97 Å². The fraction of sp³-hybridized carbons (Fsp3) is 0.385. The number of rotatable bonds is 3. The lowest BCUT2D eigenvalue weighted by Crippen LogP contribution is -2.24. The maximum absolute atomic E-state index is 10.7. The summed E-state index contributed by atoms with van der Waals surface area (Å²) < 4.78 is 0. The van der Waals surface area contributed by atoms with Gasteiger partial charge in [-0.25, -0.2) is 4.79 Å². The molecule has 0 atom stereocenters. The van der Waals surface area contributed by atoms with Gasteiger partial charge in [0.15, 0.2) is 5.82 Å². The molecule has 0 saturated heterocycles. The van der Waals surface area contributed by atoms with Gasteiger partial charge < -0.3 is 5.11 Å². The summed E-state index contributed by atoms with van der Waals surface area (Å²) in [5, 5.41) is 21.1. The zero-order valence-electron chi connectivity index (χ0n) is 11.2. The first-order valence-electron chi connectivity index (χ1n) is 5.98. The SMILES string of the molecule is CC(C)(C)n1nnc(Cc2ccc(C(=O)O)cc2)n1. The van der Waals surface area contributed by atoms with Crippen LogP contribution in [0.2, 0.25) is 0 Å². The molecule has 0 spiro atoms. The Labute approximate surface area is 111 Å². The second-order valence-electron chi connectivity index (χ2n) is 5.34. The minimum atomic E-state index is -0.927. The van der Waals surface area contributed by atoms with Crippen molar-refractivity contribution in [3.63, 3.8) is 0 Å². The monoisotopic (exact) mass is 260 g/mol. The number of aromatic carboxylic acids is 1. The quantitative estimate of drug-likeness (QED) is 0.908. The molecule has 6 heteroatoms. The number of tetrazole rings is 1. The van der Waals surface area contributed by atoms with Gasteiger partial charge in [-0.1, -0.05) is 12.1 Å². The van der Waals surface area contributed by atoms with E-state index in [0.717, 1.165) is 5.56 Å². The molecule has 2 rings (SSSR count). The summed E-state index contributed by atoms with van der Waals surface area (Å²) in [4.78, 5) is 12.3. The van der Waals surface area contributed by atoms with E-state index >= 15 is 0 Å². The number of aromatic nitrogens is 4. The first-order valence-corrected chi connectivity index (χ1v) is 5.98. The molecule has 1 N–H and O–H groups in total. The summed E-state index contributed by atoms with van der Waals surface area (Å²) in [6.45, 7) is 6.00. The molecule has 1 heterocycles. The first-order chi connectivity index (χ1) is 8.86. The largest absolute Gasteiger partial charge is 0.478 e. The van der Waals surface area contributed by atoms with E-state index in [-0.39, 0.29) is 11.1 Å². The van der Waals surface area contributed by atoms with Crippen molar-refractivity contribution in [1.82, 2.24) is 20.2 Å². The second-order valence-corrected chi connectivity index (χ2v) is 5.34. The van der Waals surface area contributed by atoms with E-state index in [4.69, 9.17) is 5.11 Å². The number of benzene rings is 1. The van der Waals surface area contributed by atoms with Crippen LogP contribution in [0.3, 0.4) is 0 Å². The lowest BCUT2D eigenvalue weighted by atomic mass is 10.1. The average molecular weight is 260 g/mol.